The van der Waals surface area contributed by atoms with E-state index in [1.54, 1.807) is 11.8 Å². The summed E-state index contributed by atoms with van der Waals surface area (Å²) in [5.74, 6) is -1.15. The molecule has 0 spiro atoms. The number of imidazole rings is 1. The van der Waals surface area contributed by atoms with Gasteiger partial charge in [-0.1, -0.05) is 48.5 Å². The third-order valence-corrected chi connectivity index (χ3v) is 6.73. The molecule has 162 valence electrons. The van der Waals surface area contributed by atoms with Crippen molar-refractivity contribution < 1.29 is 14.3 Å². The molecule has 0 aliphatic carbocycles. The van der Waals surface area contributed by atoms with Crippen molar-refractivity contribution in [2.75, 3.05) is 18.1 Å². The van der Waals surface area contributed by atoms with Gasteiger partial charge in [0.15, 0.2) is 5.92 Å². The molecule has 0 radical (unpaired) electrons. The van der Waals surface area contributed by atoms with Crippen LogP contribution in [-0.4, -0.2) is 34.6 Å². The van der Waals surface area contributed by atoms with Gasteiger partial charge >= 0.3 is 5.97 Å². The number of amides is 1. The number of thiophene rings is 1. The lowest BCUT2D eigenvalue weighted by atomic mass is 9.93. The number of esters is 1. The van der Waals surface area contributed by atoms with Crippen molar-refractivity contribution in [2.45, 2.75) is 19.4 Å². The largest absolute Gasteiger partial charge is 0.465 e. The summed E-state index contributed by atoms with van der Waals surface area (Å²) in [7, 11) is 0. The van der Waals surface area contributed by atoms with Crippen LogP contribution in [0.2, 0.25) is 0 Å². The summed E-state index contributed by atoms with van der Waals surface area (Å²) in [6, 6.07) is 21.2. The first-order valence-electron chi connectivity index (χ1n) is 10.7. The van der Waals surface area contributed by atoms with Crippen LogP contribution in [0.15, 0.2) is 72.1 Å². The zero-order valence-corrected chi connectivity index (χ0v) is 18.5. The molecule has 0 fully saturated rings. The predicted molar refractivity (Wildman–Crippen MR) is 125 cm³/mol. The van der Waals surface area contributed by atoms with Crippen LogP contribution in [0.1, 0.15) is 23.4 Å². The minimum absolute atomic E-state index is 0.224. The fourth-order valence-corrected chi connectivity index (χ4v) is 5.21. The van der Waals surface area contributed by atoms with Crippen molar-refractivity contribution in [3.05, 3.63) is 82.6 Å². The van der Waals surface area contributed by atoms with Crippen molar-refractivity contribution in [3.63, 3.8) is 0 Å². The van der Waals surface area contributed by atoms with Crippen LogP contribution >= 0.6 is 11.3 Å². The molecule has 0 saturated carbocycles. The number of aromatic nitrogens is 2. The third kappa shape index (κ3) is 3.48. The van der Waals surface area contributed by atoms with Crippen LogP contribution in [-0.2, 0) is 20.7 Å². The molecule has 32 heavy (non-hydrogen) atoms. The second kappa shape index (κ2) is 8.59. The highest BCUT2D eigenvalue weighted by atomic mass is 32.1. The smallest absolute Gasteiger partial charge is 0.321 e. The lowest BCUT2D eigenvalue weighted by molar-refractivity contribution is -0.153. The molecule has 3 heterocycles. The molecule has 4 aromatic rings. The van der Waals surface area contributed by atoms with Gasteiger partial charge in [0, 0.05) is 11.4 Å². The van der Waals surface area contributed by atoms with Gasteiger partial charge in [-0.15, -0.1) is 11.3 Å². The summed E-state index contributed by atoms with van der Waals surface area (Å²) in [4.78, 5) is 34.3. The maximum Gasteiger partial charge on any atom is 0.321 e. The lowest BCUT2D eigenvalue weighted by Crippen LogP contribution is -2.50. The maximum atomic E-state index is 13.8. The number of anilines is 1. The van der Waals surface area contributed by atoms with Crippen molar-refractivity contribution in [3.8, 4) is 0 Å². The van der Waals surface area contributed by atoms with Gasteiger partial charge in [0.2, 0.25) is 11.9 Å². The SMILES string of the molecule is CCOC(=O)C1C(=O)N(CCc2ccccc2)c2nc3ccccc3n2C1c1cccs1. The van der Waals surface area contributed by atoms with Gasteiger partial charge in [0.25, 0.3) is 0 Å². The highest BCUT2D eigenvalue weighted by Gasteiger charge is 2.48. The Morgan fingerprint density at radius 2 is 1.84 bits per heavy atom. The number of benzene rings is 2. The Morgan fingerprint density at radius 1 is 1.06 bits per heavy atom. The summed E-state index contributed by atoms with van der Waals surface area (Å²) >= 11 is 1.53. The number of para-hydroxylation sites is 2. The number of ether oxygens (including phenoxy) is 1. The van der Waals surface area contributed by atoms with Crippen LogP contribution in [0, 0.1) is 5.92 Å². The van der Waals surface area contributed by atoms with Gasteiger partial charge in [-0.25, -0.2) is 4.98 Å². The molecule has 1 aliphatic rings. The zero-order chi connectivity index (χ0) is 22.1. The minimum Gasteiger partial charge on any atom is -0.465 e. The van der Waals surface area contributed by atoms with E-state index in [2.05, 4.69) is 0 Å². The molecule has 1 aliphatic heterocycles. The second-order valence-electron chi connectivity index (χ2n) is 7.69. The Morgan fingerprint density at radius 3 is 2.59 bits per heavy atom. The molecule has 6 nitrogen and oxygen atoms in total. The van der Waals surface area contributed by atoms with E-state index in [0.29, 0.717) is 18.9 Å². The summed E-state index contributed by atoms with van der Waals surface area (Å²) in [6.07, 6.45) is 0.662. The van der Waals surface area contributed by atoms with Gasteiger partial charge < -0.3 is 4.74 Å². The summed E-state index contributed by atoms with van der Waals surface area (Å²) < 4.78 is 7.42. The van der Waals surface area contributed by atoms with E-state index in [4.69, 9.17) is 9.72 Å². The van der Waals surface area contributed by atoms with Crippen LogP contribution in [0.4, 0.5) is 5.95 Å². The summed E-state index contributed by atoms with van der Waals surface area (Å²) in [5.41, 5.74) is 2.81. The molecule has 2 aromatic heterocycles. The Labute approximate surface area is 190 Å². The highest BCUT2D eigenvalue weighted by molar-refractivity contribution is 7.10. The molecular formula is C25H23N3O3S. The van der Waals surface area contributed by atoms with Gasteiger partial charge in [-0.05, 0) is 42.5 Å². The Balaban J connectivity index is 1.66. The number of carbonyl (C=O) groups is 2. The van der Waals surface area contributed by atoms with E-state index in [1.165, 1.54) is 11.3 Å². The van der Waals surface area contributed by atoms with E-state index >= 15 is 0 Å². The maximum absolute atomic E-state index is 13.8. The Kier molecular flexibility index (Phi) is 5.49. The van der Waals surface area contributed by atoms with Crippen molar-refractivity contribution >= 4 is 40.2 Å². The number of rotatable bonds is 6. The normalized spacial score (nSPS) is 18.0. The van der Waals surface area contributed by atoms with Crippen LogP contribution < -0.4 is 4.90 Å². The van der Waals surface area contributed by atoms with E-state index < -0.39 is 17.9 Å². The monoisotopic (exact) mass is 445 g/mol. The molecule has 5 rings (SSSR count). The molecule has 1 amide bonds. The van der Waals surface area contributed by atoms with Gasteiger partial charge in [0.05, 0.1) is 23.7 Å². The van der Waals surface area contributed by atoms with E-state index in [9.17, 15) is 9.59 Å². The third-order valence-electron chi connectivity index (χ3n) is 5.79. The first-order valence-corrected chi connectivity index (χ1v) is 11.6. The number of nitrogens with zero attached hydrogens (tertiary/aromatic N) is 3. The van der Waals surface area contributed by atoms with E-state index in [-0.39, 0.29) is 12.5 Å². The predicted octanol–water partition coefficient (Wildman–Crippen LogP) is 4.46. The van der Waals surface area contributed by atoms with Crippen molar-refractivity contribution in [1.29, 1.82) is 0 Å². The first-order chi connectivity index (χ1) is 15.7. The lowest BCUT2D eigenvalue weighted by Gasteiger charge is -2.37. The average Bonchev–Trinajstić information content (AvgIpc) is 3.47. The molecule has 0 saturated heterocycles. The zero-order valence-electron chi connectivity index (χ0n) is 17.7. The van der Waals surface area contributed by atoms with Crippen LogP contribution in [0.5, 0.6) is 0 Å². The van der Waals surface area contributed by atoms with E-state index in [0.717, 1.165) is 21.5 Å². The van der Waals surface area contributed by atoms with Crippen molar-refractivity contribution in [2.24, 2.45) is 5.92 Å². The summed E-state index contributed by atoms with van der Waals surface area (Å²) in [6.45, 7) is 2.41. The quantitative estimate of drug-likeness (QED) is 0.325. The first kappa shape index (κ1) is 20.5. The van der Waals surface area contributed by atoms with Crippen molar-refractivity contribution in [1.82, 2.24) is 9.55 Å². The topological polar surface area (TPSA) is 64.4 Å². The molecule has 0 bridgehead atoms. The fourth-order valence-electron chi connectivity index (χ4n) is 4.36. The highest BCUT2D eigenvalue weighted by Crippen LogP contribution is 2.42. The average molecular weight is 446 g/mol. The molecular weight excluding hydrogens is 422 g/mol. The fraction of sp³-hybridized carbons (Fsp3) is 0.240. The molecule has 0 N–H and O–H groups in total. The molecule has 2 atom stereocenters. The van der Waals surface area contributed by atoms with Crippen LogP contribution in [0.25, 0.3) is 11.0 Å². The molecule has 7 heteroatoms. The van der Waals surface area contributed by atoms with Gasteiger partial charge in [0.1, 0.15) is 0 Å². The minimum atomic E-state index is -0.963. The van der Waals surface area contributed by atoms with Gasteiger partial charge in [-0.2, -0.15) is 0 Å². The Bertz CT molecular complexity index is 1250. The molecule has 2 unspecified atom stereocenters. The Hall–Kier alpha value is -3.45. The second-order valence-corrected chi connectivity index (χ2v) is 8.67. The van der Waals surface area contributed by atoms with E-state index in [1.807, 2.05) is 76.7 Å². The van der Waals surface area contributed by atoms with Gasteiger partial charge in [-0.3, -0.25) is 19.1 Å². The number of carbonyl (C=O) groups excluding carboxylic acids is 2. The summed E-state index contributed by atoms with van der Waals surface area (Å²) in [5, 5.41) is 1.96. The number of fused-ring (bicyclic) bond motifs is 3. The molecule has 2 aromatic carbocycles. The van der Waals surface area contributed by atoms with Crippen LogP contribution in [0.3, 0.4) is 0 Å². The number of hydrogen-bond acceptors (Lipinski definition) is 5. The standard InChI is InChI=1S/C25H23N3O3S/c1-2-31-24(30)21-22(20-13-8-16-32-20)28-19-12-7-6-11-18(19)26-25(28)27(23(21)29)15-14-17-9-4-3-5-10-17/h3-13,16,21-22H,2,14-15H2,1H3. The number of hydrogen-bond donors (Lipinski definition) is 0.